The van der Waals surface area contributed by atoms with Gasteiger partial charge in [-0.15, -0.1) is 0 Å². The lowest BCUT2D eigenvalue weighted by Gasteiger charge is -2.28. The Kier molecular flexibility index (Phi) is 5.29. The average Bonchev–Trinajstić information content (AvgIpc) is 1.95. The minimum Gasteiger partial charge on any atom is -0.444 e. The quantitative estimate of drug-likeness (QED) is 0.634. The molecule has 0 saturated heterocycles. The summed E-state index contributed by atoms with van der Waals surface area (Å²) in [7, 11) is -1.35. The first-order valence-electron chi connectivity index (χ1n) is 5.39. The molecule has 0 aromatic heterocycles. The van der Waals surface area contributed by atoms with Gasteiger partial charge in [0.05, 0.1) is 0 Å². The van der Waals surface area contributed by atoms with Crippen molar-refractivity contribution < 1.29 is 19.6 Å². The third-order valence-electron chi connectivity index (χ3n) is 1.87. The molecule has 6 heteroatoms. The molecule has 0 fully saturated rings. The van der Waals surface area contributed by atoms with Crippen molar-refractivity contribution in [1.82, 2.24) is 5.32 Å². The van der Waals surface area contributed by atoms with Gasteiger partial charge in [0.25, 0.3) is 0 Å². The number of rotatable bonds is 4. The van der Waals surface area contributed by atoms with Gasteiger partial charge in [-0.05, 0) is 47.4 Å². The second-order valence-corrected chi connectivity index (χ2v) is 5.53. The van der Waals surface area contributed by atoms with Crippen LogP contribution in [-0.2, 0) is 4.74 Å². The first-order chi connectivity index (χ1) is 7.02. The van der Waals surface area contributed by atoms with E-state index in [-0.39, 0.29) is 6.32 Å². The zero-order valence-corrected chi connectivity index (χ0v) is 10.7. The van der Waals surface area contributed by atoms with Crippen LogP contribution in [0.25, 0.3) is 0 Å². The molecular formula is C10H22BNO4. The second kappa shape index (κ2) is 5.54. The first kappa shape index (κ1) is 15.3. The highest BCUT2D eigenvalue weighted by Gasteiger charge is 2.25. The zero-order chi connectivity index (χ0) is 13.0. The summed E-state index contributed by atoms with van der Waals surface area (Å²) in [6, 6.07) is 0. The standard InChI is InChI=1S/C10H22BNO4/c1-9(2,3)16-8(13)12-10(4,5)6-7-11(14)15/h14-15H,6-7H2,1-5H3,(H,12,13). The molecule has 0 heterocycles. The van der Waals surface area contributed by atoms with Gasteiger partial charge >= 0.3 is 13.2 Å². The molecule has 1 amide bonds. The van der Waals surface area contributed by atoms with Gasteiger partial charge < -0.3 is 20.1 Å². The second-order valence-electron chi connectivity index (χ2n) is 5.53. The van der Waals surface area contributed by atoms with Crippen LogP contribution >= 0.6 is 0 Å². The highest BCUT2D eigenvalue weighted by atomic mass is 16.6. The molecule has 0 aliphatic heterocycles. The van der Waals surface area contributed by atoms with Crippen molar-refractivity contribution in [3.63, 3.8) is 0 Å². The molecule has 94 valence electrons. The topological polar surface area (TPSA) is 78.8 Å². The van der Waals surface area contributed by atoms with Crippen molar-refractivity contribution in [3.05, 3.63) is 0 Å². The van der Waals surface area contributed by atoms with Crippen molar-refractivity contribution in [2.24, 2.45) is 0 Å². The molecule has 5 nitrogen and oxygen atoms in total. The van der Waals surface area contributed by atoms with E-state index < -0.39 is 24.4 Å². The van der Waals surface area contributed by atoms with E-state index in [0.29, 0.717) is 6.42 Å². The predicted molar refractivity (Wildman–Crippen MR) is 63.1 cm³/mol. The maximum atomic E-state index is 11.5. The Morgan fingerprint density at radius 2 is 1.75 bits per heavy atom. The number of alkyl carbamates (subject to hydrolysis) is 1. The molecule has 0 saturated carbocycles. The van der Waals surface area contributed by atoms with E-state index >= 15 is 0 Å². The van der Waals surface area contributed by atoms with Crippen LogP contribution in [0.4, 0.5) is 4.79 Å². The minimum atomic E-state index is -1.35. The molecule has 0 aliphatic carbocycles. The van der Waals surface area contributed by atoms with E-state index in [1.54, 1.807) is 34.6 Å². The van der Waals surface area contributed by atoms with Crippen LogP contribution in [0.15, 0.2) is 0 Å². The maximum Gasteiger partial charge on any atom is 0.451 e. The molecule has 0 aromatic carbocycles. The van der Waals surface area contributed by atoms with E-state index in [2.05, 4.69) is 5.32 Å². The summed E-state index contributed by atoms with van der Waals surface area (Å²) in [5.74, 6) is 0. The zero-order valence-electron chi connectivity index (χ0n) is 10.7. The predicted octanol–water partition coefficient (Wildman–Crippen LogP) is 1.15. The lowest BCUT2D eigenvalue weighted by atomic mass is 9.79. The smallest absolute Gasteiger partial charge is 0.444 e. The van der Waals surface area contributed by atoms with E-state index in [1.807, 2.05) is 0 Å². The Morgan fingerprint density at radius 1 is 1.25 bits per heavy atom. The molecule has 0 unspecified atom stereocenters. The molecule has 0 spiro atoms. The van der Waals surface area contributed by atoms with E-state index in [9.17, 15) is 4.79 Å². The summed E-state index contributed by atoms with van der Waals surface area (Å²) < 4.78 is 5.11. The van der Waals surface area contributed by atoms with Crippen LogP contribution < -0.4 is 5.32 Å². The number of carbonyl (C=O) groups excluding carboxylic acids is 1. The molecule has 3 N–H and O–H groups in total. The molecule has 0 aliphatic rings. The number of nitrogens with one attached hydrogen (secondary N) is 1. The van der Waals surface area contributed by atoms with Crippen LogP contribution in [0.2, 0.25) is 6.32 Å². The van der Waals surface area contributed by atoms with Gasteiger partial charge in [0.15, 0.2) is 0 Å². The van der Waals surface area contributed by atoms with Crippen molar-refractivity contribution in [1.29, 1.82) is 0 Å². The number of amides is 1. The molecule has 0 bridgehead atoms. The van der Waals surface area contributed by atoms with Gasteiger partial charge in [-0.1, -0.05) is 0 Å². The van der Waals surface area contributed by atoms with Crippen LogP contribution in [0, 0.1) is 0 Å². The first-order valence-corrected chi connectivity index (χ1v) is 5.39. The van der Waals surface area contributed by atoms with Gasteiger partial charge in [-0.2, -0.15) is 0 Å². The van der Waals surface area contributed by atoms with E-state index in [0.717, 1.165) is 0 Å². The molecule has 0 aromatic rings. The van der Waals surface area contributed by atoms with Gasteiger partial charge in [-0.3, -0.25) is 0 Å². The molecule has 0 atom stereocenters. The fraction of sp³-hybridized carbons (Fsp3) is 0.900. The van der Waals surface area contributed by atoms with E-state index in [1.165, 1.54) is 0 Å². The Morgan fingerprint density at radius 3 is 2.12 bits per heavy atom. The maximum absolute atomic E-state index is 11.5. The highest BCUT2D eigenvalue weighted by Crippen LogP contribution is 2.14. The fourth-order valence-electron chi connectivity index (χ4n) is 1.13. The monoisotopic (exact) mass is 231 g/mol. The van der Waals surface area contributed by atoms with Crippen LogP contribution in [0.5, 0.6) is 0 Å². The Balaban J connectivity index is 4.10. The SMILES string of the molecule is CC(C)(CCB(O)O)NC(=O)OC(C)(C)C. The normalized spacial score (nSPS) is 12.2. The Hall–Kier alpha value is -0.745. The molecule has 16 heavy (non-hydrogen) atoms. The van der Waals surface area contributed by atoms with Crippen LogP contribution in [-0.4, -0.2) is 34.4 Å². The number of hydrogen-bond acceptors (Lipinski definition) is 4. The summed E-state index contributed by atoms with van der Waals surface area (Å²) in [5, 5.41) is 20.2. The summed E-state index contributed by atoms with van der Waals surface area (Å²) in [6.45, 7) is 8.98. The van der Waals surface area contributed by atoms with Crippen molar-refractivity contribution in [3.8, 4) is 0 Å². The minimum absolute atomic E-state index is 0.211. The van der Waals surface area contributed by atoms with Crippen LogP contribution in [0.3, 0.4) is 0 Å². The summed E-state index contributed by atoms with van der Waals surface area (Å²) in [4.78, 5) is 11.5. The summed E-state index contributed by atoms with van der Waals surface area (Å²) in [5.41, 5.74) is -1.05. The fourth-order valence-corrected chi connectivity index (χ4v) is 1.13. The number of carbonyl (C=O) groups is 1. The van der Waals surface area contributed by atoms with E-state index in [4.69, 9.17) is 14.8 Å². The third kappa shape index (κ3) is 8.55. The third-order valence-corrected chi connectivity index (χ3v) is 1.87. The summed E-state index contributed by atoms with van der Waals surface area (Å²) >= 11 is 0. The molecule has 0 radical (unpaired) electrons. The largest absolute Gasteiger partial charge is 0.451 e. The van der Waals surface area contributed by atoms with Crippen molar-refractivity contribution in [2.45, 2.75) is 58.5 Å². The van der Waals surface area contributed by atoms with Gasteiger partial charge in [-0.25, -0.2) is 4.79 Å². The van der Waals surface area contributed by atoms with Crippen molar-refractivity contribution in [2.75, 3.05) is 0 Å². The Bertz CT molecular complexity index is 235. The van der Waals surface area contributed by atoms with Crippen molar-refractivity contribution >= 4 is 13.2 Å². The van der Waals surface area contributed by atoms with Gasteiger partial charge in [0.1, 0.15) is 5.60 Å². The Labute approximate surface area is 97.3 Å². The lowest BCUT2D eigenvalue weighted by molar-refractivity contribution is 0.0469. The molecular weight excluding hydrogens is 209 g/mol. The number of ether oxygens (including phenoxy) is 1. The van der Waals surface area contributed by atoms with Gasteiger partial charge in [0, 0.05) is 5.54 Å². The number of hydrogen-bond donors (Lipinski definition) is 3. The highest BCUT2D eigenvalue weighted by molar-refractivity contribution is 6.40. The summed E-state index contributed by atoms with van der Waals surface area (Å²) in [6.07, 6.45) is 0.178. The average molecular weight is 231 g/mol. The van der Waals surface area contributed by atoms with Crippen LogP contribution in [0.1, 0.15) is 41.0 Å². The molecule has 0 rings (SSSR count). The lowest BCUT2D eigenvalue weighted by Crippen LogP contribution is -2.46. The van der Waals surface area contributed by atoms with Gasteiger partial charge in [0.2, 0.25) is 0 Å².